The van der Waals surface area contributed by atoms with Crippen LogP contribution < -0.4 is 5.32 Å². The summed E-state index contributed by atoms with van der Waals surface area (Å²) in [4.78, 5) is 5.52. The Morgan fingerprint density at radius 1 is 0.850 bits per heavy atom. The molecule has 2 saturated heterocycles. The summed E-state index contributed by atoms with van der Waals surface area (Å²) in [6.45, 7) is 7.89. The molecular formula is C17H31N3. The Bertz CT molecular complexity index is 318. The van der Waals surface area contributed by atoms with E-state index >= 15 is 0 Å². The first-order chi connectivity index (χ1) is 9.90. The molecule has 0 radical (unpaired) electrons. The fraction of sp³-hybridized carbons (Fsp3) is 1.00. The van der Waals surface area contributed by atoms with Crippen LogP contribution in [-0.4, -0.2) is 61.2 Å². The van der Waals surface area contributed by atoms with E-state index in [-0.39, 0.29) is 0 Å². The molecule has 3 atom stereocenters. The van der Waals surface area contributed by atoms with Crippen molar-refractivity contribution in [2.75, 3.05) is 39.3 Å². The van der Waals surface area contributed by atoms with Crippen LogP contribution in [0, 0.1) is 11.8 Å². The van der Waals surface area contributed by atoms with Crippen LogP contribution in [0.3, 0.4) is 0 Å². The van der Waals surface area contributed by atoms with Gasteiger partial charge in [0.1, 0.15) is 0 Å². The van der Waals surface area contributed by atoms with E-state index < -0.39 is 0 Å². The summed E-state index contributed by atoms with van der Waals surface area (Å²) < 4.78 is 0. The third-order valence-electron chi connectivity index (χ3n) is 6.58. The van der Waals surface area contributed by atoms with Crippen LogP contribution in [0.25, 0.3) is 0 Å². The third-order valence-corrected chi connectivity index (χ3v) is 6.58. The molecule has 2 aliphatic heterocycles. The summed E-state index contributed by atoms with van der Waals surface area (Å²) >= 11 is 0. The lowest BCUT2D eigenvalue weighted by molar-refractivity contribution is 0.0888. The molecule has 0 amide bonds. The van der Waals surface area contributed by atoms with Crippen LogP contribution >= 0.6 is 0 Å². The molecule has 0 aromatic heterocycles. The molecule has 3 nitrogen and oxygen atoms in total. The average Bonchev–Trinajstić information content (AvgIpc) is 3.18. The summed E-state index contributed by atoms with van der Waals surface area (Å²) in [5.41, 5.74) is 0. The zero-order valence-electron chi connectivity index (χ0n) is 12.9. The molecule has 3 unspecified atom stereocenters. The van der Waals surface area contributed by atoms with Crippen LogP contribution in [0.1, 0.15) is 44.9 Å². The molecular weight excluding hydrogens is 246 g/mol. The lowest BCUT2D eigenvalue weighted by atomic mass is 9.93. The van der Waals surface area contributed by atoms with Crippen molar-refractivity contribution in [3.05, 3.63) is 0 Å². The highest BCUT2D eigenvalue weighted by atomic mass is 15.3. The lowest BCUT2D eigenvalue weighted by Gasteiger charge is -2.39. The Balaban J connectivity index is 1.25. The Kier molecular flexibility index (Phi) is 4.02. The van der Waals surface area contributed by atoms with E-state index in [0.29, 0.717) is 0 Å². The highest BCUT2D eigenvalue weighted by Gasteiger charge is 2.39. The van der Waals surface area contributed by atoms with Gasteiger partial charge < -0.3 is 5.32 Å². The van der Waals surface area contributed by atoms with Crippen molar-refractivity contribution >= 4 is 0 Å². The minimum absolute atomic E-state index is 0.806. The summed E-state index contributed by atoms with van der Waals surface area (Å²) in [5, 5.41) is 3.82. The zero-order valence-corrected chi connectivity index (χ0v) is 12.9. The first-order valence-electron chi connectivity index (χ1n) is 9.10. The molecule has 114 valence electrons. The second-order valence-electron chi connectivity index (χ2n) is 7.64. The van der Waals surface area contributed by atoms with Gasteiger partial charge in [0.2, 0.25) is 0 Å². The molecule has 3 heteroatoms. The molecule has 0 bridgehead atoms. The molecule has 4 rings (SSSR count). The van der Waals surface area contributed by atoms with E-state index in [0.717, 1.165) is 23.9 Å². The van der Waals surface area contributed by atoms with Crippen molar-refractivity contribution in [3.63, 3.8) is 0 Å². The smallest absolute Gasteiger partial charge is 0.0226 e. The predicted octanol–water partition coefficient (Wildman–Crippen LogP) is 1.93. The molecule has 4 aliphatic rings. The van der Waals surface area contributed by atoms with Gasteiger partial charge in [0.25, 0.3) is 0 Å². The van der Waals surface area contributed by atoms with Gasteiger partial charge in [0.15, 0.2) is 0 Å². The second kappa shape index (κ2) is 5.94. The SMILES string of the molecule is C1CC2CNC(CN3CCN(C4CCCC4)CC3)C2C1. The van der Waals surface area contributed by atoms with Gasteiger partial charge in [0.05, 0.1) is 0 Å². The van der Waals surface area contributed by atoms with Gasteiger partial charge in [-0.05, 0) is 44.1 Å². The van der Waals surface area contributed by atoms with E-state index in [9.17, 15) is 0 Å². The zero-order chi connectivity index (χ0) is 13.4. The fourth-order valence-corrected chi connectivity index (χ4v) is 5.36. The van der Waals surface area contributed by atoms with Gasteiger partial charge in [-0.1, -0.05) is 19.3 Å². The number of rotatable bonds is 3. The van der Waals surface area contributed by atoms with Gasteiger partial charge in [0, 0.05) is 44.8 Å². The van der Waals surface area contributed by atoms with Crippen LogP contribution in [0.2, 0.25) is 0 Å². The fourth-order valence-electron chi connectivity index (χ4n) is 5.36. The van der Waals surface area contributed by atoms with Crippen molar-refractivity contribution in [1.29, 1.82) is 0 Å². The molecule has 1 N–H and O–H groups in total. The maximum absolute atomic E-state index is 3.82. The quantitative estimate of drug-likeness (QED) is 0.850. The maximum atomic E-state index is 3.82. The topological polar surface area (TPSA) is 18.5 Å². The van der Waals surface area contributed by atoms with Crippen LogP contribution in [0.4, 0.5) is 0 Å². The minimum atomic E-state index is 0.806. The first kappa shape index (κ1) is 13.5. The number of hydrogen-bond acceptors (Lipinski definition) is 3. The van der Waals surface area contributed by atoms with E-state index in [1.807, 2.05) is 0 Å². The van der Waals surface area contributed by atoms with Crippen molar-refractivity contribution in [2.45, 2.75) is 57.0 Å². The van der Waals surface area contributed by atoms with Gasteiger partial charge in [-0.15, -0.1) is 0 Å². The number of fused-ring (bicyclic) bond motifs is 1. The van der Waals surface area contributed by atoms with Crippen LogP contribution in [-0.2, 0) is 0 Å². The van der Waals surface area contributed by atoms with Crippen molar-refractivity contribution in [3.8, 4) is 0 Å². The van der Waals surface area contributed by atoms with E-state index in [4.69, 9.17) is 0 Å². The number of hydrogen-bond donors (Lipinski definition) is 1. The Morgan fingerprint density at radius 2 is 1.65 bits per heavy atom. The number of nitrogens with one attached hydrogen (secondary N) is 1. The number of nitrogens with zero attached hydrogens (tertiary/aromatic N) is 2. The lowest BCUT2D eigenvalue weighted by Crippen LogP contribution is -2.52. The van der Waals surface area contributed by atoms with Crippen LogP contribution in [0.15, 0.2) is 0 Å². The molecule has 0 spiro atoms. The van der Waals surface area contributed by atoms with Crippen molar-refractivity contribution in [2.24, 2.45) is 11.8 Å². The minimum Gasteiger partial charge on any atom is -0.312 e. The van der Waals surface area contributed by atoms with Gasteiger partial charge in [-0.2, -0.15) is 0 Å². The van der Waals surface area contributed by atoms with Gasteiger partial charge >= 0.3 is 0 Å². The van der Waals surface area contributed by atoms with Gasteiger partial charge in [-0.25, -0.2) is 0 Å². The van der Waals surface area contributed by atoms with E-state index in [1.165, 1.54) is 84.2 Å². The highest BCUT2D eigenvalue weighted by Crippen LogP contribution is 2.38. The third kappa shape index (κ3) is 2.65. The Morgan fingerprint density at radius 3 is 2.45 bits per heavy atom. The summed E-state index contributed by atoms with van der Waals surface area (Å²) in [6, 6.07) is 1.74. The standard InChI is InChI=1S/C17H31N3/c1-2-6-15(5-1)20-10-8-19(9-11-20)13-17-16-7-3-4-14(16)12-18-17/h14-18H,1-13H2. The molecule has 20 heavy (non-hydrogen) atoms. The molecule has 2 saturated carbocycles. The second-order valence-corrected chi connectivity index (χ2v) is 7.64. The maximum Gasteiger partial charge on any atom is 0.0226 e. The molecule has 4 fully saturated rings. The predicted molar refractivity (Wildman–Crippen MR) is 82.9 cm³/mol. The highest BCUT2D eigenvalue weighted by molar-refractivity contribution is 4.96. The molecule has 2 aliphatic carbocycles. The Labute approximate surface area is 124 Å². The van der Waals surface area contributed by atoms with Crippen LogP contribution in [0.5, 0.6) is 0 Å². The van der Waals surface area contributed by atoms with Gasteiger partial charge in [-0.3, -0.25) is 9.80 Å². The first-order valence-corrected chi connectivity index (χ1v) is 9.10. The summed E-state index contributed by atoms with van der Waals surface area (Å²) in [6.07, 6.45) is 10.3. The summed E-state index contributed by atoms with van der Waals surface area (Å²) in [5.74, 6) is 2.02. The summed E-state index contributed by atoms with van der Waals surface area (Å²) in [7, 11) is 0. The number of piperazine rings is 1. The van der Waals surface area contributed by atoms with E-state index in [1.54, 1.807) is 0 Å². The largest absolute Gasteiger partial charge is 0.312 e. The molecule has 2 heterocycles. The Hall–Kier alpha value is -0.120. The van der Waals surface area contributed by atoms with Crippen molar-refractivity contribution < 1.29 is 0 Å². The average molecular weight is 277 g/mol. The van der Waals surface area contributed by atoms with Crippen molar-refractivity contribution in [1.82, 2.24) is 15.1 Å². The molecule has 0 aromatic rings. The monoisotopic (exact) mass is 277 g/mol. The molecule has 0 aromatic carbocycles. The normalized spacial score (nSPS) is 40.5. The van der Waals surface area contributed by atoms with E-state index in [2.05, 4.69) is 15.1 Å².